The number of ether oxygens (including phenoxy) is 1. The van der Waals surface area contributed by atoms with Crippen molar-refractivity contribution >= 4 is 34.3 Å². The first-order valence-electron chi connectivity index (χ1n) is 14.5. The summed E-state index contributed by atoms with van der Waals surface area (Å²) in [5, 5.41) is 3.38. The highest BCUT2D eigenvalue weighted by molar-refractivity contribution is 5.88. The number of hydrogen-bond donors (Lipinski definition) is 1. The Morgan fingerprint density at radius 3 is 2.26 bits per heavy atom. The van der Waals surface area contributed by atoms with Crippen LogP contribution in [0.2, 0.25) is 0 Å². The third-order valence-corrected chi connectivity index (χ3v) is 8.09. The molecule has 0 spiro atoms. The van der Waals surface area contributed by atoms with E-state index in [9.17, 15) is 13.2 Å². The van der Waals surface area contributed by atoms with Gasteiger partial charge in [-0.15, -0.1) is 0 Å². The van der Waals surface area contributed by atoms with E-state index in [-0.39, 0.29) is 28.7 Å². The van der Waals surface area contributed by atoms with Crippen LogP contribution in [0.3, 0.4) is 0 Å². The summed E-state index contributed by atoms with van der Waals surface area (Å²) in [6, 6.07) is 14.1. The highest BCUT2D eigenvalue weighted by Gasteiger charge is 2.39. The minimum Gasteiger partial charge on any atom is -0.497 e. The van der Waals surface area contributed by atoms with Gasteiger partial charge in [0.25, 0.3) is 0 Å². The van der Waals surface area contributed by atoms with Gasteiger partial charge in [0, 0.05) is 37.6 Å². The summed E-state index contributed by atoms with van der Waals surface area (Å²) in [6.45, 7) is 16.2. The average molecular weight is 596 g/mol. The molecule has 0 unspecified atom stereocenters. The van der Waals surface area contributed by atoms with Gasteiger partial charge < -0.3 is 24.4 Å². The maximum absolute atomic E-state index is 14.1. The average Bonchev–Trinajstić information content (AvgIpc) is 3.33. The predicted molar refractivity (Wildman–Crippen MR) is 166 cm³/mol. The fourth-order valence-corrected chi connectivity index (χ4v) is 5.69. The molecule has 0 saturated carbocycles. The van der Waals surface area contributed by atoms with Crippen molar-refractivity contribution in [1.82, 2.24) is 19.5 Å². The standard InChI is InChI=1S/C32H40F3N7O/c1-9-41-25-26(36-24-18-21(30(3,4)5)11-10-20(24)2)38-29(39-27(25)37-28(41)32(33,34)35)40-16-17-42(31(6,7)19-40)22-12-14-23(43-8)15-13-22/h10-15,18H,9,16-17,19H2,1-8H3,(H,36,38,39). The second kappa shape index (κ2) is 10.9. The lowest BCUT2D eigenvalue weighted by molar-refractivity contribution is -0.146. The second-order valence-corrected chi connectivity index (χ2v) is 12.7. The smallest absolute Gasteiger partial charge is 0.449 e. The molecule has 2 aromatic heterocycles. The molecule has 1 aliphatic heterocycles. The molecule has 0 radical (unpaired) electrons. The van der Waals surface area contributed by atoms with Crippen LogP contribution in [0.25, 0.3) is 11.2 Å². The van der Waals surface area contributed by atoms with Gasteiger partial charge in [-0.3, -0.25) is 0 Å². The van der Waals surface area contributed by atoms with Crippen molar-refractivity contribution in [3.8, 4) is 5.75 Å². The van der Waals surface area contributed by atoms with Crippen LogP contribution in [0.15, 0.2) is 42.5 Å². The van der Waals surface area contributed by atoms with Crippen LogP contribution >= 0.6 is 0 Å². The SMILES string of the molecule is CCn1c(C(F)(F)F)nc2nc(N3CCN(c4ccc(OC)cc4)C(C)(C)C3)nc(Nc3cc(C(C)(C)C)ccc3C)c21. The van der Waals surface area contributed by atoms with Crippen molar-refractivity contribution < 1.29 is 17.9 Å². The van der Waals surface area contributed by atoms with Crippen LogP contribution in [-0.4, -0.2) is 51.8 Å². The highest BCUT2D eigenvalue weighted by Crippen LogP contribution is 2.37. The summed E-state index contributed by atoms with van der Waals surface area (Å²) >= 11 is 0. The number of halogens is 3. The Hall–Kier alpha value is -4.02. The van der Waals surface area contributed by atoms with Gasteiger partial charge in [0.2, 0.25) is 11.8 Å². The van der Waals surface area contributed by atoms with Gasteiger partial charge in [0.15, 0.2) is 11.5 Å². The van der Waals surface area contributed by atoms with Crippen LogP contribution in [0.5, 0.6) is 5.75 Å². The first-order valence-corrected chi connectivity index (χ1v) is 14.5. The molecule has 5 rings (SSSR count). The normalized spacial score (nSPS) is 15.7. The Kier molecular flexibility index (Phi) is 7.73. The number of alkyl halides is 3. The van der Waals surface area contributed by atoms with Gasteiger partial charge in [0.1, 0.15) is 11.3 Å². The maximum atomic E-state index is 14.1. The molecule has 230 valence electrons. The zero-order valence-corrected chi connectivity index (χ0v) is 26.1. The number of nitrogens with one attached hydrogen (secondary N) is 1. The Morgan fingerprint density at radius 2 is 1.67 bits per heavy atom. The number of imidazole rings is 1. The van der Waals surface area contributed by atoms with E-state index in [0.717, 1.165) is 32.8 Å². The summed E-state index contributed by atoms with van der Waals surface area (Å²) < 4.78 is 48.8. The van der Waals surface area contributed by atoms with Gasteiger partial charge in [0.05, 0.1) is 12.6 Å². The molecule has 4 aromatic rings. The molecule has 1 N–H and O–H groups in total. The molecule has 1 aliphatic rings. The summed E-state index contributed by atoms with van der Waals surface area (Å²) in [7, 11) is 1.64. The van der Waals surface area contributed by atoms with E-state index < -0.39 is 12.0 Å². The van der Waals surface area contributed by atoms with E-state index in [4.69, 9.17) is 9.72 Å². The molecule has 8 nitrogen and oxygen atoms in total. The number of rotatable bonds is 6. The van der Waals surface area contributed by atoms with Crippen LogP contribution in [0, 0.1) is 6.92 Å². The Bertz CT molecular complexity index is 1620. The highest BCUT2D eigenvalue weighted by atomic mass is 19.4. The van der Waals surface area contributed by atoms with Crippen molar-refractivity contribution in [3.05, 3.63) is 59.4 Å². The van der Waals surface area contributed by atoms with Crippen molar-refractivity contribution in [1.29, 1.82) is 0 Å². The number of methoxy groups -OCH3 is 1. The number of piperazine rings is 1. The summed E-state index contributed by atoms with van der Waals surface area (Å²) in [4.78, 5) is 17.8. The van der Waals surface area contributed by atoms with Gasteiger partial charge in [-0.1, -0.05) is 32.9 Å². The summed E-state index contributed by atoms with van der Waals surface area (Å²) in [5.41, 5.74) is 3.71. The van der Waals surface area contributed by atoms with Gasteiger partial charge >= 0.3 is 6.18 Å². The molecule has 2 aromatic carbocycles. The number of aryl methyl sites for hydroxylation is 2. The molecule has 0 aliphatic carbocycles. The molecule has 0 bridgehead atoms. The molecule has 1 fully saturated rings. The third kappa shape index (κ3) is 5.94. The fraction of sp³-hybridized carbons (Fsp3) is 0.469. The van der Waals surface area contributed by atoms with Crippen molar-refractivity contribution in [2.75, 3.05) is 41.9 Å². The molecular weight excluding hydrogens is 555 g/mol. The second-order valence-electron chi connectivity index (χ2n) is 12.7. The lowest BCUT2D eigenvalue weighted by Crippen LogP contribution is -2.60. The van der Waals surface area contributed by atoms with Crippen molar-refractivity contribution in [2.24, 2.45) is 0 Å². The Labute approximate surface area is 250 Å². The summed E-state index contributed by atoms with van der Waals surface area (Å²) in [6.07, 6.45) is -4.64. The maximum Gasteiger partial charge on any atom is 0.449 e. The lowest BCUT2D eigenvalue weighted by Gasteiger charge is -2.48. The first kappa shape index (κ1) is 30.4. The third-order valence-electron chi connectivity index (χ3n) is 8.09. The molecule has 43 heavy (non-hydrogen) atoms. The van der Waals surface area contributed by atoms with E-state index in [0.29, 0.717) is 31.4 Å². The largest absolute Gasteiger partial charge is 0.497 e. The number of benzene rings is 2. The predicted octanol–water partition coefficient (Wildman–Crippen LogP) is 7.33. The van der Waals surface area contributed by atoms with E-state index in [1.54, 1.807) is 14.0 Å². The monoisotopic (exact) mass is 595 g/mol. The molecule has 0 atom stereocenters. The van der Waals surface area contributed by atoms with Gasteiger partial charge in [-0.05, 0) is 74.6 Å². The molecule has 1 saturated heterocycles. The zero-order valence-electron chi connectivity index (χ0n) is 26.1. The van der Waals surface area contributed by atoms with E-state index in [1.807, 2.05) is 48.2 Å². The van der Waals surface area contributed by atoms with Crippen molar-refractivity contribution in [2.45, 2.75) is 72.1 Å². The van der Waals surface area contributed by atoms with Crippen LogP contribution in [-0.2, 0) is 18.1 Å². The first-order chi connectivity index (χ1) is 20.1. The minimum atomic E-state index is -4.64. The van der Waals surface area contributed by atoms with E-state index in [1.165, 1.54) is 0 Å². The molecule has 0 amide bonds. The van der Waals surface area contributed by atoms with Crippen LogP contribution in [0.1, 0.15) is 58.5 Å². The quantitative estimate of drug-likeness (QED) is 0.250. The number of fused-ring (bicyclic) bond motifs is 1. The van der Waals surface area contributed by atoms with E-state index >= 15 is 0 Å². The fourth-order valence-electron chi connectivity index (χ4n) is 5.69. The lowest BCUT2D eigenvalue weighted by atomic mass is 9.86. The Morgan fingerprint density at radius 1 is 0.977 bits per heavy atom. The van der Waals surface area contributed by atoms with Gasteiger partial charge in [-0.2, -0.15) is 23.1 Å². The zero-order chi connectivity index (χ0) is 31.3. The topological polar surface area (TPSA) is 71.3 Å². The van der Waals surface area contributed by atoms with E-state index in [2.05, 4.69) is 60.9 Å². The molecule has 3 heterocycles. The van der Waals surface area contributed by atoms with Crippen LogP contribution < -0.4 is 19.9 Å². The number of hydrogen-bond acceptors (Lipinski definition) is 7. The number of aromatic nitrogens is 4. The molecular formula is C32H40F3N7O. The minimum absolute atomic E-state index is 0.0155. The molecule has 11 heteroatoms. The van der Waals surface area contributed by atoms with Crippen LogP contribution in [0.4, 0.5) is 36.3 Å². The number of anilines is 4. The van der Waals surface area contributed by atoms with Crippen molar-refractivity contribution in [3.63, 3.8) is 0 Å². The summed E-state index contributed by atoms with van der Waals surface area (Å²) in [5.74, 6) is 0.449. The Balaban J connectivity index is 1.58. The number of nitrogens with zero attached hydrogens (tertiary/aromatic N) is 6. The van der Waals surface area contributed by atoms with Gasteiger partial charge in [-0.25, -0.2) is 4.98 Å².